The van der Waals surface area contributed by atoms with Crippen molar-refractivity contribution < 1.29 is 4.42 Å². The van der Waals surface area contributed by atoms with E-state index in [9.17, 15) is 0 Å². The summed E-state index contributed by atoms with van der Waals surface area (Å²) in [5.41, 5.74) is 1.27. The fraction of sp³-hybridized carbons (Fsp3) is 0.750. The van der Waals surface area contributed by atoms with Crippen LogP contribution in [0.25, 0.3) is 0 Å². The molecule has 0 saturated carbocycles. The minimum atomic E-state index is 0.848. The van der Waals surface area contributed by atoms with Gasteiger partial charge in [-0.15, -0.1) is 0 Å². The normalized spacial score (nSPS) is 11.4. The quantitative estimate of drug-likeness (QED) is 0.654. The van der Waals surface area contributed by atoms with E-state index in [2.05, 4.69) is 44.0 Å². The lowest BCUT2D eigenvalue weighted by atomic mass is 10.2. The van der Waals surface area contributed by atoms with Gasteiger partial charge in [-0.2, -0.15) is 0 Å². The van der Waals surface area contributed by atoms with Gasteiger partial charge in [0, 0.05) is 0 Å². The fourth-order valence-corrected chi connectivity index (χ4v) is 2.35. The molecule has 0 spiro atoms. The average molecular weight is 266 g/mol. The number of hydrogen-bond acceptors (Lipinski definition) is 3. The van der Waals surface area contributed by atoms with Crippen molar-refractivity contribution in [2.45, 2.75) is 60.0 Å². The molecule has 1 aromatic heterocycles. The van der Waals surface area contributed by atoms with Gasteiger partial charge < -0.3 is 9.73 Å². The molecule has 0 aliphatic heterocycles. The zero-order valence-electron chi connectivity index (χ0n) is 13.1. The molecule has 0 aromatic carbocycles. The van der Waals surface area contributed by atoms with Gasteiger partial charge in [-0.25, -0.2) is 0 Å². The summed E-state index contributed by atoms with van der Waals surface area (Å²) in [4.78, 5) is 2.47. The standard InChI is InChI=1S/C16H30N2O/c1-5-8-17-12-16-14(4)11-15(19-16)13-18(9-6-2)10-7-3/h11,17H,5-10,12-13H2,1-4H3. The summed E-state index contributed by atoms with van der Waals surface area (Å²) in [6.45, 7) is 13.9. The Bertz CT molecular complexity index is 341. The van der Waals surface area contributed by atoms with Crippen LogP contribution >= 0.6 is 0 Å². The summed E-state index contributed by atoms with van der Waals surface area (Å²) >= 11 is 0. The van der Waals surface area contributed by atoms with E-state index in [1.54, 1.807) is 0 Å². The van der Waals surface area contributed by atoms with E-state index in [0.717, 1.165) is 50.7 Å². The first kappa shape index (κ1) is 16.3. The highest BCUT2D eigenvalue weighted by atomic mass is 16.3. The molecule has 110 valence electrons. The molecule has 1 aromatic rings. The van der Waals surface area contributed by atoms with Crippen LogP contribution in [0.1, 0.15) is 57.1 Å². The van der Waals surface area contributed by atoms with E-state index in [0.29, 0.717) is 0 Å². The van der Waals surface area contributed by atoms with Crippen LogP contribution in [0.5, 0.6) is 0 Å². The highest BCUT2D eigenvalue weighted by Crippen LogP contribution is 2.16. The van der Waals surface area contributed by atoms with Gasteiger partial charge >= 0.3 is 0 Å². The third-order valence-electron chi connectivity index (χ3n) is 3.24. The predicted octanol–water partition coefficient (Wildman–Crippen LogP) is 3.71. The van der Waals surface area contributed by atoms with Crippen molar-refractivity contribution in [1.29, 1.82) is 0 Å². The van der Waals surface area contributed by atoms with Crippen LogP contribution in [0, 0.1) is 6.92 Å². The number of rotatable bonds is 10. The number of nitrogens with one attached hydrogen (secondary N) is 1. The lowest BCUT2D eigenvalue weighted by Crippen LogP contribution is -2.24. The van der Waals surface area contributed by atoms with Gasteiger partial charge in [0.1, 0.15) is 11.5 Å². The van der Waals surface area contributed by atoms with Gasteiger partial charge in [0.2, 0.25) is 0 Å². The van der Waals surface area contributed by atoms with E-state index in [-0.39, 0.29) is 0 Å². The maximum absolute atomic E-state index is 5.98. The van der Waals surface area contributed by atoms with Crippen LogP contribution in [-0.4, -0.2) is 24.5 Å². The van der Waals surface area contributed by atoms with Crippen molar-refractivity contribution in [3.05, 3.63) is 23.2 Å². The van der Waals surface area contributed by atoms with E-state index >= 15 is 0 Å². The first-order valence-corrected chi connectivity index (χ1v) is 7.72. The highest BCUT2D eigenvalue weighted by molar-refractivity contribution is 5.20. The second-order valence-electron chi connectivity index (χ2n) is 5.27. The first-order chi connectivity index (χ1) is 9.21. The SMILES string of the molecule is CCCNCc1oc(CN(CCC)CCC)cc1C. The molecule has 1 N–H and O–H groups in total. The molecule has 0 amide bonds. The van der Waals surface area contributed by atoms with Crippen LogP contribution in [-0.2, 0) is 13.1 Å². The van der Waals surface area contributed by atoms with E-state index < -0.39 is 0 Å². The Balaban J connectivity index is 2.55. The zero-order chi connectivity index (χ0) is 14.1. The van der Waals surface area contributed by atoms with Crippen molar-refractivity contribution in [1.82, 2.24) is 10.2 Å². The monoisotopic (exact) mass is 266 g/mol. The highest BCUT2D eigenvalue weighted by Gasteiger charge is 2.10. The number of hydrogen-bond donors (Lipinski definition) is 1. The third kappa shape index (κ3) is 5.79. The second kappa shape index (κ2) is 9.16. The molecule has 0 aliphatic carbocycles. The molecule has 0 fully saturated rings. The molecule has 19 heavy (non-hydrogen) atoms. The minimum absolute atomic E-state index is 0.848. The summed E-state index contributed by atoms with van der Waals surface area (Å²) in [5.74, 6) is 2.20. The molecule has 0 aliphatic rings. The molecule has 0 bridgehead atoms. The average Bonchev–Trinajstić information content (AvgIpc) is 2.71. The van der Waals surface area contributed by atoms with E-state index in [1.807, 2.05) is 0 Å². The maximum Gasteiger partial charge on any atom is 0.120 e. The topological polar surface area (TPSA) is 28.4 Å². The number of aryl methyl sites for hydroxylation is 1. The van der Waals surface area contributed by atoms with Crippen LogP contribution < -0.4 is 5.32 Å². The molecule has 3 nitrogen and oxygen atoms in total. The van der Waals surface area contributed by atoms with Gasteiger partial charge in [0.15, 0.2) is 0 Å². The van der Waals surface area contributed by atoms with Crippen molar-refractivity contribution in [3.63, 3.8) is 0 Å². The molecule has 1 rings (SSSR count). The van der Waals surface area contributed by atoms with Gasteiger partial charge in [-0.3, -0.25) is 4.90 Å². The Morgan fingerprint density at radius 1 is 1.11 bits per heavy atom. The third-order valence-corrected chi connectivity index (χ3v) is 3.24. The second-order valence-corrected chi connectivity index (χ2v) is 5.27. The first-order valence-electron chi connectivity index (χ1n) is 7.72. The number of nitrogens with zero attached hydrogens (tertiary/aromatic N) is 1. The van der Waals surface area contributed by atoms with Crippen LogP contribution in [0.4, 0.5) is 0 Å². The Morgan fingerprint density at radius 2 is 1.79 bits per heavy atom. The molecule has 0 atom stereocenters. The van der Waals surface area contributed by atoms with Gasteiger partial charge in [0.05, 0.1) is 13.1 Å². The van der Waals surface area contributed by atoms with Gasteiger partial charge in [-0.05, 0) is 57.5 Å². The van der Waals surface area contributed by atoms with Gasteiger partial charge in [-0.1, -0.05) is 20.8 Å². The van der Waals surface area contributed by atoms with Crippen molar-refractivity contribution in [2.24, 2.45) is 0 Å². The Kier molecular flexibility index (Phi) is 7.84. The fourth-order valence-electron chi connectivity index (χ4n) is 2.35. The lowest BCUT2D eigenvalue weighted by Gasteiger charge is -2.19. The Hall–Kier alpha value is -0.800. The molecule has 0 radical (unpaired) electrons. The van der Waals surface area contributed by atoms with E-state index in [1.165, 1.54) is 18.4 Å². The number of furan rings is 1. The Morgan fingerprint density at radius 3 is 2.37 bits per heavy atom. The Labute approximate surface area is 118 Å². The van der Waals surface area contributed by atoms with Crippen molar-refractivity contribution in [3.8, 4) is 0 Å². The molecule has 0 unspecified atom stereocenters. The van der Waals surface area contributed by atoms with E-state index in [4.69, 9.17) is 4.42 Å². The molecule has 1 heterocycles. The molecule has 3 heteroatoms. The smallest absolute Gasteiger partial charge is 0.120 e. The van der Waals surface area contributed by atoms with Gasteiger partial charge in [0.25, 0.3) is 0 Å². The van der Waals surface area contributed by atoms with Crippen molar-refractivity contribution >= 4 is 0 Å². The molecule has 0 saturated heterocycles. The zero-order valence-corrected chi connectivity index (χ0v) is 13.1. The summed E-state index contributed by atoms with van der Waals surface area (Å²) in [7, 11) is 0. The summed E-state index contributed by atoms with van der Waals surface area (Å²) < 4.78 is 5.98. The van der Waals surface area contributed by atoms with Crippen molar-refractivity contribution in [2.75, 3.05) is 19.6 Å². The van der Waals surface area contributed by atoms with Crippen LogP contribution in [0.2, 0.25) is 0 Å². The predicted molar refractivity (Wildman–Crippen MR) is 81.3 cm³/mol. The van der Waals surface area contributed by atoms with Crippen LogP contribution in [0.3, 0.4) is 0 Å². The lowest BCUT2D eigenvalue weighted by molar-refractivity contribution is 0.241. The molecular weight excluding hydrogens is 236 g/mol. The minimum Gasteiger partial charge on any atom is -0.463 e. The largest absolute Gasteiger partial charge is 0.463 e. The summed E-state index contributed by atoms with van der Waals surface area (Å²) in [5, 5.41) is 3.40. The summed E-state index contributed by atoms with van der Waals surface area (Å²) in [6.07, 6.45) is 3.56. The molecular formula is C16H30N2O. The summed E-state index contributed by atoms with van der Waals surface area (Å²) in [6, 6.07) is 2.20. The van der Waals surface area contributed by atoms with Crippen LogP contribution in [0.15, 0.2) is 10.5 Å². The maximum atomic E-state index is 5.98.